The van der Waals surface area contributed by atoms with Gasteiger partial charge >= 0.3 is 29.8 Å². The summed E-state index contributed by atoms with van der Waals surface area (Å²) < 4.78 is 41.9. The van der Waals surface area contributed by atoms with E-state index in [4.69, 9.17) is 45.8 Å². The number of carbonyl (C=O) groups excluding carboxylic acids is 4. The van der Waals surface area contributed by atoms with Crippen molar-refractivity contribution in [3.05, 3.63) is 59.2 Å². The van der Waals surface area contributed by atoms with E-state index in [-0.39, 0.29) is 48.9 Å². The molecule has 0 aromatic heterocycles. The molecule has 292 valence electrons. The molecular weight excluding hydrogens is 720 g/mol. The largest absolute Gasteiger partial charge is 0.505 e. The van der Waals surface area contributed by atoms with E-state index in [1.54, 1.807) is 25.1 Å². The van der Waals surface area contributed by atoms with Crippen molar-refractivity contribution in [2.24, 2.45) is 0 Å². The lowest BCUT2D eigenvalue weighted by atomic mass is 9.79. The van der Waals surface area contributed by atoms with Crippen molar-refractivity contribution >= 4 is 42.2 Å². The Kier molecular flexibility index (Phi) is 11.0. The van der Waals surface area contributed by atoms with Gasteiger partial charge in [-0.15, -0.1) is 12.6 Å². The van der Waals surface area contributed by atoms with Gasteiger partial charge in [-0.05, 0) is 28.5 Å². The molecule has 2 atom stereocenters. The molecule has 0 radical (unpaired) electrons. The van der Waals surface area contributed by atoms with Crippen LogP contribution in [-0.2, 0) is 55.5 Å². The van der Waals surface area contributed by atoms with Crippen LogP contribution in [0.1, 0.15) is 78.0 Å². The van der Waals surface area contributed by atoms with Crippen LogP contribution in [0.15, 0.2) is 47.4 Å². The molecular formula is C39H48N2O12S. The van der Waals surface area contributed by atoms with Crippen LogP contribution in [0.5, 0.6) is 23.0 Å². The Morgan fingerprint density at radius 2 is 1.41 bits per heavy atom. The zero-order valence-electron chi connectivity index (χ0n) is 32.2. The molecule has 14 nitrogen and oxygen atoms in total. The number of methoxy groups -OCH3 is 3. The molecule has 5 rings (SSSR count). The van der Waals surface area contributed by atoms with Gasteiger partial charge in [0.2, 0.25) is 5.75 Å². The fraction of sp³-hybridized carbons (Fsp3) is 0.487. The first-order chi connectivity index (χ1) is 25.3. The van der Waals surface area contributed by atoms with Gasteiger partial charge in [-0.1, -0.05) is 61.0 Å². The van der Waals surface area contributed by atoms with Gasteiger partial charge in [-0.25, -0.2) is 24.1 Å². The molecule has 0 aliphatic carbocycles. The summed E-state index contributed by atoms with van der Waals surface area (Å²) in [5.41, 5.74) is -1.90. The first-order valence-corrected chi connectivity index (χ1v) is 17.9. The van der Waals surface area contributed by atoms with E-state index < -0.39 is 52.6 Å². The van der Waals surface area contributed by atoms with E-state index in [9.17, 15) is 24.3 Å². The molecule has 2 bridgehead atoms. The topological polar surface area (TPSA) is 160 Å². The van der Waals surface area contributed by atoms with Crippen LogP contribution in [0.25, 0.3) is 0 Å². The Morgan fingerprint density at radius 3 is 1.93 bits per heavy atom. The summed E-state index contributed by atoms with van der Waals surface area (Å²) in [6.45, 7) is 12.8. The van der Waals surface area contributed by atoms with Gasteiger partial charge in [0.05, 0.1) is 33.6 Å². The third kappa shape index (κ3) is 6.94. The van der Waals surface area contributed by atoms with E-state index in [0.29, 0.717) is 27.3 Å². The number of nitrogens with zero attached hydrogens (tertiary/aromatic N) is 2. The number of thiol groups is 1. The fourth-order valence-corrected chi connectivity index (χ4v) is 8.13. The maximum atomic E-state index is 13.8. The number of benzene rings is 2. The first-order valence-electron chi connectivity index (χ1n) is 17.5. The van der Waals surface area contributed by atoms with E-state index in [1.165, 1.54) is 31.1 Å². The summed E-state index contributed by atoms with van der Waals surface area (Å²) in [4.78, 5) is 58.0. The second-order valence-corrected chi connectivity index (χ2v) is 15.6. The van der Waals surface area contributed by atoms with Gasteiger partial charge in [0.1, 0.15) is 5.75 Å². The minimum atomic E-state index is -2.65. The van der Waals surface area contributed by atoms with Crippen molar-refractivity contribution in [1.29, 1.82) is 0 Å². The molecule has 54 heavy (non-hydrogen) atoms. The Labute approximate surface area is 320 Å². The average molecular weight is 769 g/mol. The van der Waals surface area contributed by atoms with Gasteiger partial charge < -0.3 is 38.3 Å². The van der Waals surface area contributed by atoms with Crippen molar-refractivity contribution in [2.75, 3.05) is 32.8 Å². The number of phenols is 1. The Hall–Kier alpha value is -4.89. The highest BCUT2D eigenvalue weighted by Gasteiger charge is 2.73. The second-order valence-electron chi connectivity index (χ2n) is 15.2. The van der Waals surface area contributed by atoms with Crippen molar-refractivity contribution in [2.45, 2.75) is 101 Å². The SMILES string of the molecule is CCCC12OC(=O)/C=C/C(=O)OC(CN(c3cc(C(C)(C)C)c(S)c(C(C)(C)C)c3O)C13OC(=O)C=CC(=O)O3)N2Cc1ccc(OC)c(OC)c1OC. The van der Waals surface area contributed by atoms with Crippen molar-refractivity contribution in [1.82, 2.24) is 4.90 Å². The monoisotopic (exact) mass is 768 g/mol. The highest BCUT2D eigenvalue weighted by Crippen LogP contribution is 2.55. The second kappa shape index (κ2) is 14.7. The number of esters is 4. The summed E-state index contributed by atoms with van der Waals surface area (Å²) >= 11 is 4.90. The van der Waals surface area contributed by atoms with Crippen LogP contribution < -0.4 is 19.1 Å². The lowest BCUT2D eigenvalue weighted by Crippen LogP contribution is -2.82. The number of hydrogen-bond acceptors (Lipinski definition) is 15. The van der Waals surface area contributed by atoms with Crippen molar-refractivity contribution < 1.29 is 57.4 Å². The summed E-state index contributed by atoms with van der Waals surface area (Å²) in [7, 11) is 4.35. The molecule has 1 fully saturated rings. The van der Waals surface area contributed by atoms with Crippen LogP contribution >= 0.6 is 12.6 Å². The smallest absolute Gasteiger partial charge is 0.400 e. The van der Waals surface area contributed by atoms with E-state index in [1.807, 2.05) is 41.5 Å². The molecule has 3 heterocycles. The molecule has 3 aliphatic heterocycles. The van der Waals surface area contributed by atoms with Crippen LogP contribution in [0.2, 0.25) is 0 Å². The standard InChI is InChI=1S/C39H48N2O12S/c1-11-18-38-39(52-29(44)16-17-30(45)53-39)40(24-19-23(36(2,3)4)35(54)31(32(24)46)37(5,6)7)21-26(50-27(42)14-15-28(43)51-38)41(38)20-22-12-13-25(47-8)34(49-10)33(22)48-9/h12-17,19,26,46,54H,11,18,20-21H2,1-10H3/b15-14+. The quantitative estimate of drug-likeness (QED) is 0.199. The molecule has 0 amide bonds. The highest BCUT2D eigenvalue weighted by molar-refractivity contribution is 7.80. The van der Waals surface area contributed by atoms with Gasteiger partial charge in [0, 0.05) is 53.3 Å². The minimum Gasteiger partial charge on any atom is -0.505 e. The fourth-order valence-electron chi connectivity index (χ4n) is 7.29. The third-order valence-corrected chi connectivity index (χ3v) is 9.99. The number of ether oxygens (including phenoxy) is 7. The van der Waals surface area contributed by atoms with E-state index in [2.05, 4.69) is 0 Å². The summed E-state index contributed by atoms with van der Waals surface area (Å²) in [6.07, 6.45) is 2.38. The van der Waals surface area contributed by atoms with E-state index >= 15 is 0 Å². The number of carbonyl (C=O) groups is 4. The van der Waals surface area contributed by atoms with Gasteiger partial charge in [-0.3, -0.25) is 4.90 Å². The molecule has 2 aromatic rings. The van der Waals surface area contributed by atoms with Crippen molar-refractivity contribution in [3.8, 4) is 23.0 Å². The predicted octanol–water partition coefficient (Wildman–Crippen LogP) is 5.41. The molecule has 1 saturated heterocycles. The predicted molar refractivity (Wildman–Crippen MR) is 199 cm³/mol. The molecule has 2 aromatic carbocycles. The molecule has 15 heteroatoms. The molecule has 1 N–H and O–H groups in total. The lowest BCUT2D eigenvalue weighted by molar-refractivity contribution is -0.366. The van der Waals surface area contributed by atoms with Crippen LogP contribution in [0, 0.1) is 0 Å². The number of phenolic OH excluding ortho intramolecular Hbond substituents is 1. The zero-order chi connectivity index (χ0) is 40.0. The molecule has 3 aliphatic rings. The summed E-state index contributed by atoms with van der Waals surface area (Å²) in [5.74, 6) is -6.00. The van der Waals surface area contributed by atoms with Gasteiger partial charge in [0.25, 0.3) is 5.72 Å². The number of piperazine rings is 1. The number of fused-ring (bicyclic) bond motifs is 3. The third-order valence-electron chi connectivity index (χ3n) is 9.53. The van der Waals surface area contributed by atoms with Crippen LogP contribution in [0.3, 0.4) is 0 Å². The first kappa shape index (κ1) is 40.3. The summed E-state index contributed by atoms with van der Waals surface area (Å²) in [5, 5.41) is 12.3. The Bertz CT molecular complexity index is 1890. The normalized spacial score (nSPS) is 22.2. The number of anilines is 1. The highest BCUT2D eigenvalue weighted by atomic mass is 32.1. The zero-order valence-corrected chi connectivity index (χ0v) is 33.1. The number of rotatable bonds is 8. The number of aromatic hydroxyl groups is 1. The van der Waals surface area contributed by atoms with Crippen LogP contribution in [-0.4, -0.2) is 79.6 Å². The van der Waals surface area contributed by atoms with E-state index in [0.717, 1.165) is 24.3 Å². The molecule has 0 saturated carbocycles. The number of hydrogen-bond donors (Lipinski definition) is 2. The Morgan fingerprint density at radius 1 is 0.833 bits per heavy atom. The Balaban J connectivity index is 1.94. The summed E-state index contributed by atoms with van der Waals surface area (Å²) in [6, 6.07) is 4.99. The molecule has 2 unspecified atom stereocenters. The lowest BCUT2D eigenvalue weighted by Gasteiger charge is -2.60. The average Bonchev–Trinajstić information content (AvgIpc) is 3.21. The maximum absolute atomic E-state index is 13.8. The molecule has 1 spiro atoms. The minimum absolute atomic E-state index is 0.0401. The van der Waals surface area contributed by atoms with Crippen molar-refractivity contribution in [3.63, 3.8) is 0 Å². The van der Waals surface area contributed by atoms with Gasteiger partial charge in [0.15, 0.2) is 17.7 Å². The van der Waals surface area contributed by atoms with Crippen LogP contribution in [0.4, 0.5) is 5.69 Å². The maximum Gasteiger partial charge on any atom is 0.400 e. The van der Waals surface area contributed by atoms with Gasteiger partial charge in [-0.2, -0.15) is 0 Å².